The number of nitrogens with one attached hydrogen (secondary N) is 1. The Hall–Kier alpha value is -2.53. The lowest BCUT2D eigenvalue weighted by molar-refractivity contribution is -0.129. The van der Waals surface area contributed by atoms with Crippen LogP contribution < -0.4 is 14.8 Å². The maximum Gasteiger partial charge on any atom is 0.248 e. The van der Waals surface area contributed by atoms with Crippen molar-refractivity contribution in [3.63, 3.8) is 0 Å². The van der Waals surface area contributed by atoms with Crippen LogP contribution in [-0.2, 0) is 17.6 Å². The van der Waals surface area contributed by atoms with Gasteiger partial charge in [0.05, 0.1) is 13.2 Å². The molecule has 146 valence electrons. The van der Waals surface area contributed by atoms with E-state index in [0.29, 0.717) is 37.3 Å². The lowest BCUT2D eigenvalue weighted by Gasteiger charge is -2.15. The number of hydrogen-bond donors (Lipinski definition) is 2. The van der Waals surface area contributed by atoms with Crippen molar-refractivity contribution in [1.82, 2.24) is 5.32 Å². The molecule has 2 aromatic carbocycles. The maximum absolute atomic E-state index is 12.0. The quantitative estimate of drug-likeness (QED) is 0.673. The zero-order valence-corrected chi connectivity index (χ0v) is 16.3. The van der Waals surface area contributed by atoms with E-state index in [1.54, 1.807) is 7.11 Å². The number of aliphatic hydroxyl groups excluding tert-OH is 1. The number of carbonyl (C=O) groups is 1. The van der Waals surface area contributed by atoms with Gasteiger partial charge in [0.15, 0.2) is 11.5 Å². The second kappa shape index (κ2) is 10.6. The molecule has 0 fully saturated rings. The molecule has 1 amide bonds. The number of hydrogen-bond acceptors (Lipinski definition) is 4. The summed E-state index contributed by atoms with van der Waals surface area (Å²) >= 11 is 0. The van der Waals surface area contributed by atoms with Crippen molar-refractivity contribution in [3.8, 4) is 11.5 Å². The minimum absolute atomic E-state index is 0.0708. The van der Waals surface area contributed by atoms with Crippen LogP contribution >= 0.6 is 0 Å². The van der Waals surface area contributed by atoms with Gasteiger partial charge in [0.25, 0.3) is 0 Å². The summed E-state index contributed by atoms with van der Waals surface area (Å²) < 4.78 is 11.1. The Bertz CT molecular complexity index is 716. The summed E-state index contributed by atoms with van der Waals surface area (Å²) in [6.07, 6.45) is 0.799. The Labute approximate surface area is 161 Å². The highest BCUT2D eigenvalue weighted by atomic mass is 16.5. The predicted octanol–water partition coefficient (Wildman–Crippen LogP) is 3.13. The normalized spacial score (nSPS) is 11.9. The van der Waals surface area contributed by atoms with Crippen LogP contribution in [0, 0.1) is 0 Å². The van der Waals surface area contributed by atoms with Crippen molar-refractivity contribution in [2.24, 2.45) is 0 Å². The topological polar surface area (TPSA) is 67.8 Å². The molecule has 0 aromatic heterocycles. The minimum atomic E-state index is -0.999. The summed E-state index contributed by atoms with van der Waals surface area (Å²) in [5, 5.41) is 12.8. The van der Waals surface area contributed by atoms with E-state index in [4.69, 9.17) is 9.47 Å². The molecule has 2 rings (SSSR count). The average Bonchev–Trinajstić information content (AvgIpc) is 2.67. The van der Waals surface area contributed by atoms with Crippen molar-refractivity contribution in [3.05, 3.63) is 59.7 Å². The minimum Gasteiger partial charge on any atom is -0.493 e. The van der Waals surface area contributed by atoms with E-state index in [-0.39, 0.29) is 12.0 Å². The van der Waals surface area contributed by atoms with Crippen LogP contribution in [0.5, 0.6) is 11.5 Å². The molecule has 2 N–H and O–H groups in total. The van der Waals surface area contributed by atoms with Crippen LogP contribution in [0.2, 0.25) is 0 Å². The van der Waals surface area contributed by atoms with Gasteiger partial charge in [-0.2, -0.15) is 0 Å². The van der Waals surface area contributed by atoms with Crippen LogP contribution in [0.4, 0.5) is 0 Å². The van der Waals surface area contributed by atoms with E-state index < -0.39 is 6.10 Å². The smallest absolute Gasteiger partial charge is 0.248 e. The van der Waals surface area contributed by atoms with Gasteiger partial charge in [0, 0.05) is 6.54 Å². The fourth-order valence-electron chi connectivity index (χ4n) is 2.75. The molecule has 0 radical (unpaired) electrons. The molecular weight excluding hydrogens is 342 g/mol. The summed E-state index contributed by atoms with van der Waals surface area (Å²) in [6.45, 7) is 4.38. The molecule has 0 spiro atoms. The standard InChI is InChI=1S/C22H29NO4/c1-16(2)27-20-12-10-18(15-21(20)26-3)13-14-23-22(25)19(24)11-9-17-7-5-4-6-8-17/h4-8,10,12,15-16,19,24H,9,11,13-14H2,1-3H3,(H,23,25). The summed E-state index contributed by atoms with van der Waals surface area (Å²) in [4.78, 5) is 12.0. The fourth-order valence-corrected chi connectivity index (χ4v) is 2.75. The lowest BCUT2D eigenvalue weighted by atomic mass is 10.1. The number of carbonyl (C=O) groups excluding carboxylic acids is 1. The Morgan fingerprint density at radius 3 is 2.44 bits per heavy atom. The number of aliphatic hydroxyl groups is 1. The number of ether oxygens (including phenoxy) is 2. The SMILES string of the molecule is COc1cc(CCNC(=O)C(O)CCc2ccccc2)ccc1OC(C)C. The van der Waals surface area contributed by atoms with E-state index in [1.807, 2.05) is 62.4 Å². The van der Waals surface area contributed by atoms with E-state index >= 15 is 0 Å². The first-order chi connectivity index (χ1) is 13.0. The van der Waals surface area contributed by atoms with Crippen molar-refractivity contribution < 1.29 is 19.4 Å². The third-order valence-corrected chi connectivity index (χ3v) is 4.16. The molecule has 0 aliphatic rings. The average molecular weight is 371 g/mol. The second-order valence-corrected chi connectivity index (χ2v) is 6.73. The molecule has 1 atom stereocenters. The molecule has 0 bridgehead atoms. The van der Waals surface area contributed by atoms with Crippen LogP contribution in [0.3, 0.4) is 0 Å². The number of rotatable bonds is 10. The van der Waals surface area contributed by atoms with E-state index in [0.717, 1.165) is 11.1 Å². The molecule has 5 nitrogen and oxygen atoms in total. The lowest BCUT2D eigenvalue weighted by Crippen LogP contribution is -2.36. The summed E-state index contributed by atoms with van der Waals surface area (Å²) in [5.74, 6) is 1.05. The van der Waals surface area contributed by atoms with E-state index in [2.05, 4.69) is 5.32 Å². The summed E-state index contributed by atoms with van der Waals surface area (Å²) in [7, 11) is 1.61. The molecule has 0 saturated carbocycles. The molecular formula is C22H29NO4. The Balaban J connectivity index is 1.78. The van der Waals surface area contributed by atoms with Gasteiger partial charge in [-0.05, 0) is 56.4 Å². The van der Waals surface area contributed by atoms with Crippen LogP contribution in [0.15, 0.2) is 48.5 Å². The molecule has 2 aromatic rings. The van der Waals surface area contributed by atoms with Crippen molar-refractivity contribution in [2.45, 2.75) is 45.3 Å². The molecule has 0 saturated heterocycles. The van der Waals surface area contributed by atoms with Crippen molar-refractivity contribution in [2.75, 3.05) is 13.7 Å². The highest BCUT2D eigenvalue weighted by Gasteiger charge is 2.14. The molecule has 5 heteroatoms. The van der Waals surface area contributed by atoms with Crippen molar-refractivity contribution in [1.29, 1.82) is 0 Å². The summed E-state index contributed by atoms with van der Waals surface area (Å²) in [5.41, 5.74) is 2.14. The highest BCUT2D eigenvalue weighted by molar-refractivity contribution is 5.80. The first kappa shape index (κ1) is 20.8. The Kier molecular flexibility index (Phi) is 8.14. The molecule has 0 aliphatic heterocycles. The first-order valence-electron chi connectivity index (χ1n) is 9.33. The van der Waals surface area contributed by atoms with Gasteiger partial charge in [-0.3, -0.25) is 4.79 Å². The number of methoxy groups -OCH3 is 1. The fraction of sp³-hybridized carbons (Fsp3) is 0.409. The number of benzene rings is 2. The molecule has 1 unspecified atom stereocenters. The van der Waals surface area contributed by atoms with Gasteiger partial charge in [-0.1, -0.05) is 36.4 Å². The van der Waals surface area contributed by atoms with E-state index in [1.165, 1.54) is 0 Å². The zero-order valence-electron chi connectivity index (χ0n) is 16.3. The van der Waals surface area contributed by atoms with Gasteiger partial charge >= 0.3 is 0 Å². The maximum atomic E-state index is 12.0. The number of amides is 1. The largest absolute Gasteiger partial charge is 0.493 e. The third kappa shape index (κ3) is 6.94. The third-order valence-electron chi connectivity index (χ3n) is 4.16. The first-order valence-corrected chi connectivity index (χ1v) is 9.33. The Morgan fingerprint density at radius 1 is 1.04 bits per heavy atom. The van der Waals surface area contributed by atoms with E-state index in [9.17, 15) is 9.90 Å². The second-order valence-electron chi connectivity index (χ2n) is 6.73. The number of aryl methyl sites for hydroxylation is 1. The van der Waals surface area contributed by atoms with Gasteiger partial charge in [0.1, 0.15) is 6.10 Å². The van der Waals surface area contributed by atoms with Gasteiger partial charge in [0.2, 0.25) is 5.91 Å². The molecule has 0 aliphatic carbocycles. The Morgan fingerprint density at radius 2 is 1.78 bits per heavy atom. The van der Waals surface area contributed by atoms with Crippen LogP contribution in [0.1, 0.15) is 31.4 Å². The molecule has 0 heterocycles. The summed E-state index contributed by atoms with van der Waals surface area (Å²) in [6, 6.07) is 15.6. The monoisotopic (exact) mass is 371 g/mol. The van der Waals surface area contributed by atoms with Gasteiger partial charge < -0.3 is 19.9 Å². The van der Waals surface area contributed by atoms with Crippen LogP contribution in [-0.4, -0.2) is 36.9 Å². The predicted molar refractivity (Wildman–Crippen MR) is 106 cm³/mol. The zero-order chi connectivity index (χ0) is 19.6. The molecule has 27 heavy (non-hydrogen) atoms. The van der Waals surface area contributed by atoms with Gasteiger partial charge in [-0.25, -0.2) is 0 Å². The highest BCUT2D eigenvalue weighted by Crippen LogP contribution is 2.29. The van der Waals surface area contributed by atoms with Crippen molar-refractivity contribution >= 4 is 5.91 Å². The van der Waals surface area contributed by atoms with Crippen LogP contribution in [0.25, 0.3) is 0 Å². The van der Waals surface area contributed by atoms with Gasteiger partial charge in [-0.15, -0.1) is 0 Å².